The van der Waals surface area contributed by atoms with Gasteiger partial charge in [-0.25, -0.2) is 4.99 Å². The summed E-state index contributed by atoms with van der Waals surface area (Å²) in [5.74, 6) is 0.873. The number of anilines is 1. The van der Waals surface area contributed by atoms with E-state index in [2.05, 4.69) is 10.3 Å². The van der Waals surface area contributed by atoms with Gasteiger partial charge in [-0.05, 0) is 31.2 Å². The summed E-state index contributed by atoms with van der Waals surface area (Å²) in [5.41, 5.74) is 0.958. The number of rotatable bonds is 3. The first-order valence-corrected chi connectivity index (χ1v) is 5.05. The van der Waals surface area contributed by atoms with E-state index in [-0.39, 0.29) is 0 Å². The van der Waals surface area contributed by atoms with E-state index in [0.717, 1.165) is 18.0 Å². The van der Waals surface area contributed by atoms with Crippen molar-refractivity contribution in [2.45, 2.75) is 6.92 Å². The number of benzene rings is 1. The Morgan fingerprint density at radius 3 is 2.80 bits per heavy atom. The van der Waals surface area contributed by atoms with Crippen LogP contribution in [-0.4, -0.2) is 25.8 Å². The number of aliphatic imine (C=N–C) groups is 1. The van der Waals surface area contributed by atoms with Crippen LogP contribution >= 0.6 is 0 Å². The SMILES string of the molecule is CCOc1ccc(NC2=NCCO2)cc1. The highest BCUT2D eigenvalue weighted by molar-refractivity contribution is 5.89. The van der Waals surface area contributed by atoms with Gasteiger partial charge in [-0.2, -0.15) is 0 Å². The largest absolute Gasteiger partial charge is 0.494 e. The summed E-state index contributed by atoms with van der Waals surface area (Å²) in [6, 6.07) is 8.31. The molecule has 0 radical (unpaired) electrons. The van der Waals surface area contributed by atoms with Crippen molar-refractivity contribution in [3.63, 3.8) is 0 Å². The molecule has 80 valence electrons. The van der Waals surface area contributed by atoms with Crippen molar-refractivity contribution in [2.24, 2.45) is 4.99 Å². The summed E-state index contributed by atoms with van der Waals surface area (Å²) in [5, 5.41) is 3.08. The molecule has 0 aromatic heterocycles. The Labute approximate surface area is 88.9 Å². The van der Waals surface area contributed by atoms with Gasteiger partial charge in [0.1, 0.15) is 12.4 Å². The minimum atomic E-state index is 0.596. The maximum absolute atomic E-state index is 5.34. The van der Waals surface area contributed by atoms with Crippen molar-refractivity contribution in [1.82, 2.24) is 0 Å². The maximum atomic E-state index is 5.34. The maximum Gasteiger partial charge on any atom is 0.289 e. The molecule has 4 heteroatoms. The van der Waals surface area contributed by atoms with Gasteiger partial charge >= 0.3 is 0 Å². The van der Waals surface area contributed by atoms with Crippen molar-refractivity contribution in [3.8, 4) is 5.75 Å². The molecule has 0 fully saturated rings. The van der Waals surface area contributed by atoms with Crippen molar-refractivity contribution < 1.29 is 9.47 Å². The Hall–Kier alpha value is -1.71. The zero-order chi connectivity index (χ0) is 10.5. The molecule has 0 unspecified atom stereocenters. The van der Waals surface area contributed by atoms with Gasteiger partial charge in [0.05, 0.1) is 13.2 Å². The molecule has 0 amide bonds. The van der Waals surface area contributed by atoms with Crippen LogP contribution in [0.4, 0.5) is 5.69 Å². The molecule has 1 heterocycles. The number of nitrogens with zero attached hydrogens (tertiary/aromatic N) is 1. The predicted molar refractivity (Wildman–Crippen MR) is 59.5 cm³/mol. The fourth-order valence-electron chi connectivity index (χ4n) is 1.34. The van der Waals surface area contributed by atoms with Crippen LogP contribution < -0.4 is 10.1 Å². The Kier molecular flexibility index (Phi) is 3.07. The van der Waals surface area contributed by atoms with E-state index in [1.807, 2.05) is 31.2 Å². The molecule has 0 saturated carbocycles. The van der Waals surface area contributed by atoms with Crippen molar-refractivity contribution in [2.75, 3.05) is 25.1 Å². The lowest BCUT2D eigenvalue weighted by molar-refractivity contribution is 0.340. The quantitative estimate of drug-likeness (QED) is 0.821. The lowest BCUT2D eigenvalue weighted by atomic mass is 10.3. The van der Waals surface area contributed by atoms with Gasteiger partial charge in [0.15, 0.2) is 0 Å². The Morgan fingerprint density at radius 1 is 1.40 bits per heavy atom. The molecule has 0 saturated heterocycles. The molecule has 0 atom stereocenters. The summed E-state index contributed by atoms with van der Waals surface area (Å²) >= 11 is 0. The van der Waals surface area contributed by atoms with Crippen LogP contribution in [0.25, 0.3) is 0 Å². The number of hydrogen-bond donors (Lipinski definition) is 1. The molecule has 1 aromatic rings. The van der Waals surface area contributed by atoms with E-state index >= 15 is 0 Å². The first-order valence-electron chi connectivity index (χ1n) is 5.05. The van der Waals surface area contributed by atoms with Crippen LogP contribution in [0.2, 0.25) is 0 Å². The van der Waals surface area contributed by atoms with Crippen LogP contribution in [0.15, 0.2) is 29.3 Å². The van der Waals surface area contributed by atoms with Crippen LogP contribution in [0.3, 0.4) is 0 Å². The van der Waals surface area contributed by atoms with Gasteiger partial charge in [0.25, 0.3) is 6.02 Å². The fourth-order valence-corrected chi connectivity index (χ4v) is 1.34. The van der Waals surface area contributed by atoms with Crippen LogP contribution in [0, 0.1) is 0 Å². The number of ether oxygens (including phenoxy) is 2. The Bertz CT molecular complexity index is 346. The van der Waals surface area contributed by atoms with Crippen LogP contribution in [0.1, 0.15) is 6.92 Å². The van der Waals surface area contributed by atoms with E-state index in [1.165, 1.54) is 0 Å². The van der Waals surface area contributed by atoms with E-state index in [4.69, 9.17) is 9.47 Å². The molecule has 1 aliphatic heterocycles. The second kappa shape index (κ2) is 4.68. The summed E-state index contributed by atoms with van der Waals surface area (Å²) in [6.07, 6.45) is 0. The van der Waals surface area contributed by atoms with Gasteiger partial charge in [0, 0.05) is 5.69 Å². The zero-order valence-electron chi connectivity index (χ0n) is 8.69. The van der Waals surface area contributed by atoms with Gasteiger partial charge in [-0.15, -0.1) is 0 Å². The molecular weight excluding hydrogens is 192 g/mol. The normalized spacial score (nSPS) is 14.3. The van der Waals surface area contributed by atoms with Gasteiger partial charge < -0.3 is 14.8 Å². The summed E-state index contributed by atoms with van der Waals surface area (Å²) in [6.45, 7) is 4.05. The number of hydrogen-bond acceptors (Lipinski definition) is 4. The summed E-state index contributed by atoms with van der Waals surface area (Å²) in [7, 11) is 0. The predicted octanol–water partition coefficient (Wildman–Crippen LogP) is 1.88. The highest BCUT2D eigenvalue weighted by atomic mass is 16.5. The minimum Gasteiger partial charge on any atom is -0.494 e. The number of nitrogens with one attached hydrogen (secondary N) is 1. The average molecular weight is 206 g/mol. The number of amidine groups is 1. The third kappa shape index (κ3) is 2.62. The molecule has 0 spiro atoms. The standard InChI is InChI=1S/C11H14N2O2/c1-2-14-10-5-3-9(4-6-10)13-11-12-7-8-15-11/h3-6H,2,7-8H2,1H3,(H,12,13). The van der Waals surface area contributed by atoms with Crippen LogP contribution in [0.5, 0.6) is 5.75 Å². The molecule has 1 N–H and O–H groups in total. The second-order valence-corrected chi connectivity index (χ2v) is 3.12. The van der Waals surface area contributed by atoms with E-state index in [1.54, 1.807) is 0 Å². The Morgan fingerprint density at radius 2 is 2.20 bits per heavy atom. The smallest absolute Gasteiger partial charge is 0.289 e. The van der Waals surface area contributed by atoms with Crippen molar-refractivity contribution in [1.29, 1.82) is 0 Å². The molecular formula is C11H14N2O2. The molecule has 4 nitrogen and oxygen atoms in total. The van der Waals surface area contributed by atoms with E-state index in [9.17, 15) is 0 Å². The van der Waals surface area contributed by atoms with E-state index < -0.39 is 0 Å². The first-order chi connectivity index (χ1) is 7.38. The molecule has 15 heavy (non-hydrogen) atoms. The highest BCUT2D eigenvalue weighted by Gasteiger charge is 2.06. The molecule has 2 rings (SSSR count). The molecule has 1 aliphatic rings. The molecule has 0 bridgehead atoms. The van der Waals surface area contributed by atoms with Gasteiger partial charge in [-0.1, -0.05) is 0 Å². The average Bonchev–Trinajstić information content (AvgIpc) is 2.74. The minimum absolute atomic E-state index is 0.596. The van der Waals surface area contributed by atoms with Crippen molar-refractivity contribution >= 4 is 11.7 Å². The van der Waals surface area contributed by atoms with Crippen molar-refractivity contribution in [3.05, 3.63) is 24.3 Å². The third-order valence-electron chi connectivity index (χ3n) is 2.00. The summed E-state index contributed by atoms with van der Waals surface area (Å²) < 4.78 is 10.6. The lowest BCUT2D eigenvalue weighted by Gasteiger charge is -2.07. The fraction of sp³-hybridized carbons (Fsp3) is 0.364. The highest BCUT2D eigenvalue weighted by Crippen LogP contribution is 2.16. The van der Waals surface area contributed by atoms with Gasteiger partial charge in [-0.3, -0.25) is 0 Å². The zero-order valence-corrected chi connectivity index (χ0v) is 8.69. The third-order valence-corrected chi connectivity index (χ3v) is 2.00. The van der Waals surface area contributed by atoms with E-state index in [0.29, 0.717) is 19.2 Å². The van der Waals surface area contributed by atoms with Crippen LogP contribution in [-0.2, 0) is 4.74 Å². The first kappa shape index (κ1) is 9.83. The molecule has 1 aromatic carbocycles. The second-order valence-electron chi connectivity index (χ2n) is 3.12. The Balaban J connectivity index is 1.97. The topological polar surface area (TPSA) is 42.8 Å². The lowest BCUT2D eigenvalue weighted by Crippen LogP contribution is -2.11. The monoisotopic (exact) mass is 206 g/mol. The van der Waals surface area contributed by atoms with Gasteiger partial charge in [0.2, 0.25) is 0 Å². The molecule has 0 aliphatic carbocycles. The summed E-state index contributed by atoms with van der Waals surface area (Å²) in [4.78, 5) is 4.14.